The average molecular weight is 585 g/mol. The molecule has 34 heavy (non-hydrogen) atoms. The van der Waals surface area contributed by atoms with Crippen molar-refractivity contribution in [3.05, 3.63) is 55.7 Å². The van der Waals surface area contributed by atoms with E-state index in [2.05, 4.69) is 33.3 Å². The van der Waals surface area contributed by atoms with E-state index in [0.717, 1.165) is 58.5 Å². The molecule has 1 fully saturated rings. The second-order valence-corrected chi connectivity index (χ2v) is 13.9. The normalized spacial score (nSPS) is 19.3. The van der Waals surface area contributed by atoms with Crippen LogP contribution in [0.1, 0.15) is 31.2 Å². The number of aromatic nitrogens is 2. The summed E-state index contributed by atoms with van der Waals surface area (Å²) in [5.41, 5.74) is 3.97. The number of nitrogens with zero attached hydrogens (tertiary/aromatic N) is 3. The number of hydrogen-bond acceptors (Lipinski definition) is 6. The van der Waals surface area contributed by atoms with Crippen LogP contribution >= 0.6 is 0 Å². The molecule has 3 aliphatic heterocycles. The summed E-state index contributed by atoms with van der Waals surface area (Å²) in [5, 5.41) is 0. The number of ether oxygens (including phenoxy) is 1. The maximum absolute atomic E-state index is 8.30. The molecule has 2 N–H and O–H groups in total. The molecule has 0 aliphatic carbocycles. The van der Waals surface area contributed by atoms with Gasteiger partial charge in [0, 0.05) is 0 Å². The van der Waals surface area contributed by atoms with Crippen molar-refractivity contribution in [2.45, 2.75) is 36.6 Å². The van der Waals surface area contributed by atoms with Gasteiger partial charge in [-0.25, -0.2) is 0 Å². The third-order valence-corrected chi connectivity index (χ3v) is 10.2. The molecule has 1 aromatic heterocycles. The number of nitrogens with one attached hydrogen (secondary N) is 2. The van der Waals surface area contributed by atoms with Crippen molar-refractivity contribution in [2.24, 2.45) is 0 Å². The van der Waals surface area contributed by atoms with Crippen molar-refractivity contribution in [3.8, 4) is 28.4 Å². The molecule has 4 heterocycles. The molecule has 3 aliphatic rings. The zero-order valence-corrected chi connectivity index (χ0v) is 22.0. The van der Waals surface area contributed by atoms with E-state index in [1.54, 1.807) is 6.26 Å². The van der Waals surface area contributed by atoms with Gasteiger partial charge in [-0.1, -0.05) is 0 Å². The summed E-state index contributed by atoms with van der Waals surface area (Å²) in [7, 11) is -2.35. The van der Waals surface area contributed by atoms with Gasteiger partial charge in [-0.2, -0.15) is 0 Å². The summed E-state index contributed by atoms with van der Waals surface area (Å²) in [6, 6.07) is 14.6. The molecule has 0 spiro atoms. The summed E-state index contributed by atoms with van der Waals surface area (Å²) in [6.45, 7) is 1.63. The molecule has 6 nitrogen and oxygen atoms in total. The zero-order chi connectivity index (χ0) is 23.3. The van der Waals surface area contributed by atoms with Crippen LogP contribution in [-0.2, 0) is 9.62 Å². The Bertz CT molecular complexity index is 1420. The molecule has 1 atom stereocenters. The van der Waals surface area contributed by atoms with Crippen LogP contribution in [0.2, 0.25) is 0 Å². The minimum absolute atomic E-state index is 0.0936. The number of fused-ring (bicyclic) bond motifs is 4. The standard InChI is InChI=1S/C26H27IN5OS/c1-34(28,29)19-9-5-7-17(15-19)23-24-26(32-14-4-2-3-8-18(32)16-33-24)31-25(30-23)21-10-6-11-22-20(21)12-13-27-22/h5-7,9-13,15,18,28-29H,2-4,8,14,16H2,1H3/q-1. The van der Waals surface area contributed by atoms with Gasteiger partial charge in [0.2, 0.25) is 0 Å². The van der Waals surface area contributed by atoms with Crippen LogP contribution in [0.4, 0.5) is 5.82 Å². The van der Waals surface area contributed by atoms with Crippen molar-refractivity contribution in [2.75, 3.05) is 24.3 Å². The van der Waals surface area contributed by atoms with E-state index in [9.17, 15) is 0 Å². The van der Waals surface area contributed by atoms with Gasteiger partial charge in [-0.05, 0) is 0 Å². The zero-order valence-electron chi connectivity index (χ0n) is 19.1. The first kappa shape index (κ1) is 22.0. The van der Waals surface area contributed by atoms with E-state index >= 15 is 0 Å². The number of benzene rings is 2. The van der Waals surface area contributed by atoms with Gasteiger partial charge in [-0.3, -0.25) is 0 Å². The Balaban J connectivity index is 1.59. The molecular weight excluding hydrogens is 557 g/mol. The summed E-state index contributed by atoms with van der Waals surface area (Å²) < 4.78 is 26.7. The molecule has 0 bridgehead atoms. The van der Waals surface area contributed by atoms with Crippen LogP contribution in [0.5, 0.6) is 5.75 Å². The van der Waals surface area contributed by atoms with Crippen LogP contribution < -0.4 is 30.8 Å². The molecule has 0 saturated carbocycles. The van der Waals surface area contributed by atoms with Crippen LogP contribution in [0, 0.1) is 13.1 Å². The van der Waals surface area contributed by atoms with Gasteiger partial charge in [-0.15, -0.1) is 0 Å². The van der Waals surface area contributed by atoms with Crippen molar-refractivity contribution >= 4 is 21.5 Å². The van der Waals surface area contributed by atoms with Crippen LogP contribution in [0.3, 0.4) is 0 Å². The quantitative estimate of drug-likeness (QED) is 0.464. The van der Waals surface area contributed by atoms with Crippen LogP contribution in [-0.4, -0.2) is 35.4 Å². The van der Waals surface area contributed by atoms with Crippen LogP contribution in [0.25, 0.3) is 28.7 Å². The van der Waals surface area contributed by atoms with Gasteiger partial charge in [0.25, 0.3) is 0 Å². The molecule has 176 valence electrons. The molecule has 3 aromatic rings. The van der Waals surface area contributed by atoms with E-state index in [-0.39, 0.29) is 21.2 Å². The van der Waals surface area contributed by atoms with Gasteiger partial charge >= 0.3 is 212 Å². The molecule has 8 heteroatoms. The third kappa shape index (κ3) is 3.90. The first-order chi connectivity index (χ1) is 16.5. The van der Waals surface area contributed by atoms with Crippen molar-refractivity contribution in [1.29, 1.82) is 9.56 Å². The fourth-order valence-electron chi connectivity index (χ4n) is 4.95. The SMILES string of the molecule is CS(=N)(=N)c1cccc(-c2nc(-c3cccc4c3C=C[I-]4)nc3c2OCC2CCCCCN32)c1. The summed E-state index contributed by atoms with van der Waals surface area (Å²) in [6.07, 6.45) is 8.64. The fourth-order valence-corrected chi connectivity index (χ4v) is 7.81. The molecular formula is C26H27IN5OS-. The van der Waals surface area contributed by atoms with E-state index in [1.807, 2.05) is 24.3 Å². The van der Waals surface area contributed by atoms with E-state index < -0.39 is 9.62 Å². The van der Waals surface area contributed by atoms with Crippen molar-refractivity contribution < 1.29 is 25.9 Å². The topological polar surface area (TPSA) is 86.0 Å². The minimum atomic E-state index is -2.35. The first-order valence-corrected chi connectivity index (χ1v) is 16.0. The Labute approximate surface area is 211 Å². The summed E-state index contributed by atoms with van der Waals surface area (Å²) >= 11 is -0.0936. The number of anilines is 1. The van der Waals surface area contributed by atoms with Gasteiger partial charge in [0.05, 0.1) is 0 Å². The Morgan fingerprint density at radius 1 is 1.09 bits per heavy atom. The molecule has 6 rings (SSSR count). The third-order valence-electron chi connectivity index (χ3n) is 6.70. The van der Waals surface area contributed by atoms with E-state index in [0.29, 0.717) is 12.6 Å². The summed E-state index contributed by atoms with van der Waals surface area (Å²) in [5.74, 6) is 2.36. The number of rotatable bonds is 3. The van der Waals surface area contributed by atoms with Crippen LogP contribution in [0.15, 0.2) is 51.4 Å². The molecule has 2 aromatic carbocycles. The van der Waals surface area contributed by atoms with E-state index in [1.165, 1.54) is 22.0 Å². The Kier molecular flexibility index (Phi) is 5.60. The summed E-state index contributed by atoms with van der Waals surface area (Å²) in [4.78, 5) is 13.4. The fraction of sp³-hybridized carbons (Fsp3) is 0.308. The Morgan fingerprint density at radius 2 is 1.97 bits per heavy atom. The first-order valence-electron chi connectivity index (χ1n) is 11.6. The Hall–Kier alpha value is -2.46. The monoisotopic (exact) mass is 584 g/mol. The van der Waals surface area contributed by atoms with E-state index in [4.69, 9.17) is 24.3 Å². The predicted molar refractivity (Wildman–Crippen MR) is 133 cm³/mol. The van der Waals surface area contributed by atoms with Gasteiger partial charge in [0.15, 0.2) is 0 Å². The maximum atomic E-state index is 8.30. The second-order valence-electron chi connectivity index (χ2n) is 9.11. The van der Waals surface area contributed by atoms with Gasteiger partial charge < -0.3 is 0 Å². The average Bonchev–Trinajstić information content (AvgIpc) is 3.19. The molecule has 0 amide bonds. The predicted octanol–water partition coefficient (Wildman–Crippen LogP) is 2.86. The number of hydrogen-bond donors (Lipinski definition) is 2. The van der Waals surface area contributed by atoms with Crippen molar-refractivity contribution in [1.82, 2.24) is 9.97 Å². The number of halogens is 1. The molecule has 1 saturated heterocycles. The molecule has 0 radical (unpaired) electrons. The second kappa shape index (κ2) is 8.64. The molecule has 1 unspecified atom stereocenters. The van der Waals surface area contributed by atoms with Gasteiger partial charge in [0.1, 0.15) is 0 Å². The Morgan fingerprint density at radius 3 is 2.85 bits per heavy atom. The van der Waals surface area contributed by atoms with Crippen molar-refractivity contribution in [3.63, 3.8) is 0 Å².